The Bertz CT molecular complexity index is 680. The lowest BCUT2D eigenvalue weighted by Crippen LogP contribution is -2.15. The van der Waals surface area contributed by atoms with Crippen molar-refractivity contribution in [1.29, 1.82) is 5.41 Å². The minimum absolute atomic E-state index is 0.233. The van der Waals surface area contributed by atoms with Gasteiger partial charge in [0.2, 0.25) is 0 Å². The number of benzene rings is 2. The molecule has 1 amide bonds. The molecule has 5 heteroatoms. The molecule has 102 valence electrons. The molecular formula is C15H16N4O. The fraction of sp³-hybridized carbons (Fsp3) is 0.0667. The normalized spacial score (nSPS) is 10.1. The number of nitrogens with one attached hydrogen (secondary N) is 2. The lowest BCUT2D eigenvalue weighted by Gasteiger charge is -2.12. The number of hydrogen-bond donors (Lipinski definition) is 4. The van der Waals surface area contributed by atoms with Gasteiger partial charge in [-0.3, -0.25) is 4.79 Å². The van der Waals surface area contributed by atoms with Crippen LogP contribution in [0.3, 0.4) is 0 Å². The molecule has 0 aliphatic heterocycles. The van der Waals surface area contributed by atoms with Crippen molar-refractivity contribution in [3.63, 3.8) is 0 Å². The van der Waals surface area contributed by atoms with Crippen molar-refractivity contribution in [1.82, 2.24) is 0 Å². The van der Waals surface area contributed by atoms with Crippen LogP contribution in [0.4, 0.5) is 11.4 Å². The summed E-state index contributed by atoms with van der Waals surface area (Å²) in [6, 6.07) is 11.1. The van der Waals surface area contributed by atoms with E-state index in [1.54, 1.807) is 12.1 Å². The maximum atomic E-state index is 11.3. The zero-order chi connectivity index (χ0) is 14.7. The van der Waals surface area contributed by atoms with Crippen LogP contribution in [0.5, 0.6) is 0 Å². The average molecular weight is 268 g/mol. The molecule has 0 aliphatic carbocycles. The van der Waals surface area contributed by atoms with Gasteiger partial charge in [-0.2, -0.15) is 0 Å². The topological polar surface area (TPSA) is 105 Å². The zero-order valence-electron chi connectivity index (χ0n) is 11.1. The van der Waals surface area contributed by atoms with E-state index in [4.69, 9.17) is 16.9 Å². The molecule has 0 bridgehead atoms. The monoisotopic (exact) mass is 268 g/mol. The van der Waals surface area contributed by atoms with Gasteiger partial charge in [-0.05, 0) is 29.3 Å². The Labute approximate surface area is 117 Å². The second kappa shape index (κ2) is 5.44. The number of nitrogens with two attached hydrogens (primary N) is 2. The van der Waals surface area contributed by atoms with Gasteiger partial charge >= 0.3 is 0 Å². The number of nitrogen functional groups attached to an aromatic ring is 1. The van der Waals surface area contributed by atoms with Crippen LogP contribution in [0, 0.1) is 5.41 Å². The van der Waals surface area contributed by atoms with Crippen LogP contribution in [0.1, 0.15) is 15.9 Å². The van der Waals surface area contributed by atoms with Crippen LogP contribution in [-0.2, 0) is 0 Å². The molecule has 0 atom stereocenters. The molecule has 2 rings (SSSR count). The summed E-state index contributed by atoms with van der Waals surface area (Å²) in [4.78, 5) is 11.3. The average Bonchev–Trinajstić information content (AvgIpc) is 2.46. The molecule has 0 aromatic heterocycles. The Morgan fingerprint density at radius 3 is 2.65 bits per heavy atom. The van der Waals surface area contributed by atoms with E-state index in [1.807, 2.05) is 31.3 Å². The van der Waals surface area contributed by atoms with Crippen molar-refractivity contribution in [3.8, 4) is 11.1 Å². The van der Waals surface area contributed by atoms with Gasteiger partial charge in [-0.1, -0.05) is 18.2 Å². The number of carbonyl (C=O) groups is 1. The summed E-state index contributed by atoms with van der Waals surface area (Å²) < 4.78 is 0. The molecule has 0 unspecified atom stereocenters. The summed E-state index contributed by atoms with van der Waals surface area (Å²) in [5.74, 6) is -0.596. The van der Waals surface area contributed by atoms with Gasteiger partial charge in [0.15, 0.2) is 0 Å². The first-order valence-electron chi connectivity index (χ1n) is 6.09. The first-order chi connectivity index (χ1) is 9.58. The smallest absolute Gasteiger partial charge is 0.250 e. The van der Waals surface area contributed by atoms with E-state index in [2.05, 4.69) is 5.32 Å². The standard InChI is InChI=1S/C15H16N4O/c1-19-10-4-2-3-9(7-10)11-5-6-12(15(18)20)14(17)13(11)8-16/h2-8,16,19H,17H2,1H3,(H2,18,20). The van der Waals surface area contributed by atoms with E-state index in [1.165, 1.54) is 0 Å². The Kier molecular flexibility index (Phi) is 3.70. The number of hydrogen-bond acceptors (Lipinski definition) is 4. The van der Waals surface area contributed by atoms with Crippen LogP contribution in [0.2, 0.25) is 0 Å². The molecule has 2 aromatic rings. The van der Waals surface area contributed by atoms with Crippen LogP contribution in [-0.4, -0.2) is 19.2 Å². The number of rotatable bonds is 4. The van der Waals surface area contributed by atoms with E-state index in [0.29, 0.717) is 5.56 Å². The Balaban J connectivity index is 2.65. The summed E-state index contributed by atoms with van der Waals surface area (Å²) in [7, 11) is 1.83. The van der Waals surface area contributed by atoms with Crippen molar-refractivity contribution in [2.45, 2.75) is 0 Å². The molecule has 0 aliphatic rings. The predicted molar refractivity (Wildman–Crippen MR) is 82.2 cm³/mol. The molecule has 0 fully saturated rings. The number of primary amides is 1. The third-order valence-electron chi connectivity index (χ3n) is 3.16. The molecular weight excluding hydrogens is 252 g/mol. The van der Waals surface area contributed by atoms with Crippen molar-refractivity contribution in [3.05, 3.63) is 47.5 Å². The summed E-state index contributed by atoms with van der Waals surface area (Å²) in [6.45, 7) is 0. The number of carbonyl (C=O) groups excluding carboxylic acids is 1. The maximum Gasteiger partial charge on any atom is 0.250 e. The van der Waals surface area contributed by atoms with E-state index < -0.39 is 5.91 Å². The molecule has 0 spiro atoms. The SMILES string of the molecule is CNc1cccc(-c2ccc(C(N)=O)c(N)c2C=N)c1. The molecule has 0 heterocycles. The van der Waals surface area contributed by atoms with Gasteiger partial charge < -0.3 is 22.2 Å². The zero-order valence-corrected chi connectivity index (χ0v) is 11.1. The van der Waals surface area contributed by atoms with Crippen LogP contribution in [0.25, 0.3) is 11.1 Å². The summed E-state index contributed by atoms with van der Waals surface area (Å²) in [5.41, 5.74) is 14.8. The van der Waals surface area contributed by atoms with E-state index in [9.17, 15) is 4.79 Å². The number of amides is 1. The highest BCUT2D eigenvalue weighted by atomic mass is 16.1. The van der Waals surface area contributed by atoms with Gasteiger partial charge in [-0.25, -0.2) is 0 Å². The van der Waals surface area contributed by atoms with Gasteiger partial charge in [0.1, 0.15) is 0 Å². The van der Waals surface area contributed by atoms with Crippen molar-refractivity contribution in [2.24, 2.45) is 5.73 Å². The minimum Gasteiger partial charge on any atom is -0.398 e. The van der Waals surface area contributed by atoms with Gasteiger partial charge in [0.05, 0.1) is 11.3 Å². The third-order valence-corrected chi connectivity index (χ3v) is 3.16. The Hall–Kier alpha value is -2.82. The Morgan fingerprint density at radius 1 is 1.30 bits per heavy atom. The highest BCUT2D eigenvalue weighted by Gasteiger charge is 2.14. The first-order valence-corrected chi connectivity index (χ1v) is 6.09. The molecule has 0 saturated heterocycles. The molecule has 6 N–H and O–H groups in total. The lowest BCUT2D eigenvalue weighted by atomic mass is 9.95. The summed E-state index contributed by atoms with van der Waals surface area (Å²) >= 11 is 0. The molecule has 0 saturated carbocycles. The van der Waals surface area contributed by atoms with Crippen LogP contribution >= 0.6 is 0 Å². The molecule has 0 radical (unpaired) electrons. The molecule has 5 nitrogen and oxygen atoms in total. The predicted octanol–water partition coefficient (Wildman–Crippen LogP) is 2.07. The maximum absolute atomic E-state index is 11.3. The van der Waals surface area contributed by atoms with Gasteiger partial charge in [0.25, 0.3) is 5.91 Å². The van der Waals surface area contributed by atoms with E-state index >= 15 is 0 Å². The second-order valence-electron chi connectivity index (χ2n) is 4.33. The quantitative estimate of drug-likeness (QED) is 0.504. The highest BCUT2D eigenvalue weighted by Crippen LogP contribution is 2.30. The van der Waals surface area contributed by atoms with Crippen molar-refractivity contribution >= 4 is 23.5 Å². The molecule has 20 heavy (non-hydrogen) atoms. The van der Waals surface area contributed by atoms with Gasteiger partial charge in [-0.15, -0.1) is 0 Å². The second-order valence-corrected chi connectivity index (χ2v) is 4.33. The fourth-order valence-corrected chi connectivity index (χ4v) is 2.10. The van der Waals surface area contributed by atoms with Crippen molar-refractivity contribution in [2.75, 3.05) is 18.1 Å². The van der Waals surface area contributed by atoms with Gasteiger partial charge in [0, 0.05) is 24.5 Å². The minimum atomic E-state index is -0.596. The summed E-state index contributed by atoms with van der Waals surface area (Å²) in [6.07, 6.45) is 1.14. The number of anilines is 2. The van der Waals surface area contributed by atoms with Crippen molar-refractivity contribution < 1.29 is 4.79 Å². The fourth-order valence-electron chi connectivity index (χ4n) is 2.10. The highest BCUT2D eigenvalue weighted by molar-refractivity contribution is 6.05. The largest absolute Gasteiger partial charge is 0.398 e. The molecule has 2 aromatic carbocycles. The van der Waals surface area contributed by atoms with E-state index in [-0.39, 0.29) is 11.3 Å². The van der Waals surface area contributed by atoms with Crippen LogP contribution in [0.15, 0.2) is 36.4 Å². The van der Waals surface area contributed by atoms with Crippen LogP contribution < -0.4 is 16.8 Å². The first kappa shape index (κ1) is 13.6. The lowest BCUT2D eigenvalue weighted by molar-refractivity contribution is 0.100. The van der Waals surface area contributed by atoms with E-state index in [0.717, 1.165) is 23.0 Å². The summed E-state index contributed by atoms with van der Waals surface area (Å²) in [5, 5.41) is 10.6. The third kappa shape index (κ3) is 2.33. The Morgan fingerprint density at radius 2 is 2.05 bits per heavy atom.